The van der Waals surface area contributed by atoms with E-state index in [4.69, 9.17) is 9.84 Å². The fourth-order valence-corrected chi connectivity index (χ4v) is 3.20. The normalized spacial score (nSPS) is 11.2. The molecule has 2 aromatic rings. The number of hydrogen-bond acceptors (Lipinski definition) is 4. The van der Waals surface area contributed by atoms with Crippen LogP contribution in [0.4, 0.5) is 0 Å². The summed E-state index contributed by atoms with van der Waals surface area (Å²) < 4.78 is 7.19. The van der Waals surface area contributed by atoms with E-state index >= 15 is 0 Å². The van der Waals surface area contributed by atoms with Crippen molar-refractivity contribution in [2.75, 3.05) is 26.8 Å². The maximum absolute atomic E-state index is 5.03. The van der Waals surface area contributed by atoms with Gasteiger partial charge in [-0.25, -0.2) is 0 Å². The smallest absolute Gasteiger partial charge is 0.0628 e. The van der Waals surface area contributed by atoms with Crippen molar-refractivity contribution in [3.05, 3.63) is 39.3 Å². The Morgan fingerprint density at radius 2 is 2.14 bits per heavy atom. The van der Waals surface area contributed by atoms with E-state index in [2.05, 4.69) is 40.7 Å². The van der Waals surface area contributed by atoms with Gasteiger partial charge in [0.2, 0.25) is 0 Å². The molecule has 0 unspecified atom stereocenters. The number of aryl methyl sites for hydroxylation is 3. The van der Waals surface area contributed by atoms with Crippen LogP contribution >= 0.6 is 11.3 Å². The number of ether oxygens (including phenoxy) is 1. The van der Waals surface area contributed by atoms with E-state index in [0.29, 0.717) is 0 Å². The highest BCUT2D eigenvalue weighted by Gasteiger charge is 2.11. The van der Waals surface area contributed by atoms with E-state index in [-0.39, 0.29) is 0 Å². The van der Waals surface area contributed by atoms with Crippen LogP contribution in [-0.2, 0) is 24.1 Å². The first-order valence-corrected chi connectivity index (χ1v) is 8.40. The highest BCUT2D eigenvalue weighted by atomic mass is 32.1. The van der Waals surface area contributed by atoms with Crippen LogP contribution in [0.15, 0.2) is 16.8 Å². The van der Waals surface area contributed by atoms with Crippen LogP contribution in [0.1, 0.15) is 22.5 Å². The highest BCUT2D eigenvalue weighted by molar-refractivity contribution is 7.07. The van der Waals surface area contributed by atoms with Gasteiger partial charge in [0.15, 0.2) is 0 Å². The SMILES string of the molecule is COCCNCCc1c(C)nn(CCc2ccsc2)c1C. The molecule has 5 heteroatoms. The topological polar surface area (TPSA) is 39.1 Å². The molecule has 0 bridgehead atoms. The molecule has 0 aromatic carbocycles. The van der Waals surface area contributed by atoms with Crippen LogP contribution in [-0.4, -0.2) is 36.6 Å². The van der Waals surface area contributed by atoms with Gasteiger partial charge >= 0.3 is 0 Å². The van der Waals surface area contributed by atoms with E-state index in [9.17, 15) is 0 Å². The molecule has 1 N–H and O–H groups in total. The zero-order valence-electron chi connectivity index (χ0n) is 13.2. The molecule has 2 rings (SSSR count). The third-order valence-electron chi connectivity index (χ3n) is 3.76. The van der Waals surface area contributed by atoms with Gasteiger partial charge in [0.25, 0.3) is 0 Å². The van der Waals surface area contributed by atoms with E-state index in [1.807, 2.05) is 0 Å². The summed E-state index contributed by atoms with van der Waals surface area (Å²) in [6, 6.07) is 2.19. The van der Waals surface area contributed by atoms with Gasteiger partial charge in [-0.2, -0.15) is 16.4 Å². The van der Waals surface area contributed by atoms with Crippen LogP contribution in [0.3, 0.4) is 0 Å². The minimum Gasteiger partial charge on any atom is -0.383 e. The average Bonchev–Trinajstić information content (AvgIpc) is 3.07. The molecule has 2 heterocycles. The zero-order valence-corrected chi connectivity index (χ0v) is 14.0. The van der Waals surface area contributed by atoms with Crippen LogP contribution < -0.4 is 5.32 Å². The van der Waals surface area contributed by atoms with E-state index < -0.39 is 0 Å². The maximum atomic E-state index is 5.03. The fourth-order valence-electron chi connectivity index (χ4n) is 2.50. The quantitative estimate of drug-likeness (QED) is 0.724. The van der Waals surface area contributed by atoms with Gasteiger partial charge in [0.05, 0.1) is 12.3 Å². The number of thiophene rings is 1. The van der Waals surface area contributed by atoms with Crippen molar-refractivity contribution in [2.24, 2.45) is 0 Å². The lowest BCUT2D eigenvalue weighted by Crippen LogP contribution is -2.22. The van der Waals surface area contributed by atoms with Crippen molar-refractivity contribution in [1.82, 2.24) is 15.1 Å². The Kier molecular flexibility index (Phi) is 6.42. The molecule has 21 heavy (non-hydrogen) atoms. The number of nitrogens with zero attached hydrogens (tertiary/aromatic N) is 2. The highest BCUT2D eigenvalue weighted by Crippen LogP contribution is 2.15. The number of rotatable bonds is 9. The molecule has 0 fully saturated rings. The molecule has 2 aromatic heterocycles. The molecule has 0 saturated heterocycles. The molecular weight excluding hydrogens is 282 g/mol. The summed E-state index contributed by atoms with van der Waals surface area (Å²) in [7, 11) is 1.73. The summed E-state index contributed by atoms with van der Waals surface area (Å²) in [6.45, 7) is 7.89. The number of methoxy groups -OCH3 is 1. The predicted molar refractivity (Wildman–Crippen MR) is 88.2 cm³/mol. The molecule has 0 aliphatic carbocycles. The molecule has 0 atom stereocenters. The van der Waals surface area contributed by atoms with Crippen molar-refractivity contribution < 1.29 is 4.74 Å². The van der Waals surface area contributed by atoms with Gasteiger partial charge in [-0.3, -0.25) is 4.68 Å². The monoisotopic (exact) mass is 307 g/mol. The Morgan fingerprint density at radius 1 is 1.29 bits per heavy atom. The Balaban J connectivity index is 1.87. The average molecular weight is 307 g/mol. The second-order valence-corrected chi connectivity index (χ2v) is 6.03. The lowest BCUT2D eigenvalue weighted by Gasteiger charge is -2.06. The summed E-state index contributed by atoms with van der Waals surface area (Å²) in [5.41, 5.74) is 5.24. The minimum absolute atomic E-state index is 0.762. The lowest BCUT2D eigenvalue weighted by atomic mass is 10.1. The number of nitrogens with one attached hydrogen (secondary N) is 1. The molecule has 0 aliphatic heterocycles. The van der Waals surface area contributed by atoms with Crippen molar-refractivity contribution in [3.63, 3.8) is 0 Å². The first-order valence-electron chi connectivity index (χ1n) is 7.46. The van der Waals surface area contributed by atoms with Crippen LogP contribution in [0, 0.1) is 13.8 Å². The van der Waals surface area contributed by atoms with E-state index in [1.54, 1.807) is 18.4 Å². The van der Waals surface area contributed by atoms with Crippen molar-refractivity contribution in [2.45, 2.75) is 33.2 Å². The van der Waals surface area contributed by atoms with Gasteiger partial charge in [0.1, 0.15) is 0 Å². The number of hydrogen-bond donors (Lipinski definition) is 1. The molecule has 4 nitrogen and oxygen atoms in total. The summed E-state index contributed by atoms with van der Waals surface area (Å²) in [6.07, 6.45) is 2.08. The fraction of sp³-hybridized carbons (Fsp3) is 0.562. The Labute approximate surface area is 131 Å². The van der Waals surface area contributed by atoms with Gasteiger partial charge in [0, 0.05) is 25.9 Å². The maximum Gasteiger partial charge on any atom is 0.0628 e. The number of aromatic nitrogens is 2. The van der Waals surface area contributed by atoms with Gasteiger partial charge < -0.3 is 10.1 Å². The van der Waals surface area contributed by atoms with Crippen molar-refractivity contribution in [3.8, 4) is 0 Å². The van der Waals surface area contributed by atoms with Crippen molar-refractivity contribution >= 4 is 11.3 Å². The largest absolute Gasteiger partial charge is 0.383 e. The van der Waals surface area contributed by atoms with Crippen LogP contribution in [0.25, 0.3) is 0 Å². The van der Waals surface area contributed by atoms with Gasteiger partial charge in [-0.1, -0.05) is 0 Å². The molecule has 0 radical (unpaired) electrons. The first-order chi connectivity index (χ1) is 10.2. The molecule has 116 valence electrons. The second-order valence-electron chi connectivity index (χ2n) is 5.25. The van der Waals surface area contributed by atoms with Crippen LogP contribution in [0.2, 0.25) is 0 Å². The van der Waals surface area contributed by atoms with Crippen molar-refractivity contribution in [1.29, 1.82) is 0 Å². The molecule has 0 aliphatic rings. The predicted octanol–water partition coefficient (Wildman–Crippen LogP) is 2.58. The van der Waals surface area contributed by atoms with Gasteiger partial charge in [-0.05, 0) is 61.2 Å². The van der Waals surface area contributed by atoms with E-state index in [1.165, 1.54) is 16.8 Å². The molecule has 0 spiro atoms. The lowest BCUT2D eigenvalue weighted by molar-refractivity contribution is 0.199. The third kappa shape index (κ3) is 4.66. The van der Waals surface area contributed by atoms with Gasteiger partial charge in [-0.15, -0.1) is 0 Å². The zero-order chi connectivity index (χ0) is 15.1. The third-order valence-corrected chi connectivity index (χ3v) is 4.49. The second kappa shape index (κ2) is 8.32. The summed E-state index contributed by atoms with van der Waals surface area (Å²) in [5.74, 6) is 0. The summed E-state index contributed by atoms with van der Waals surface area (Å²) in [4.78, 5) is 0. The van der Waals surface area contributed by atoms with E-state index in [0.717, 1.165) is 44.8 Å². The molecule has 0 amide bonds. The Morgan fingerprint density at radius 3 is 2.86 bits per heavy atom. The van der Waals surface area contributed by atoms with Crippen LogP contribution in [0.5, 0.6) is 0 Å². The Bertz CT molecular complexity index is 534. The first kappa shape index (κ1) is 16.2. The minimum atomic E-state index is 0.762. The molecular formula is C16H25N3OS. The standard InChI is InChI=1S/C16H25N3OS/c1-13-16(4-7-17-8-10-20-3)14(2)19(18-13)9-5-15-6-11-21-12-15/h6,11-12,17H,4-5,7-10H2,1-3H3. The molecule has 0 saturated carbocycles. The Hall–Kier alpha value is -1.17. The summed E-state index contributed by atoms with van der Waals surface area (Å²) in [5, 5.41) is 12.4. The summed E-state index contributed by atoms with van der Waals surface area (Å²) >= 11 is 1.76.